The zero-order valence-corrected chi connectivity index (χ0v) is 18.8. The van der Waals surface area contributed by atoms with Gasteiger partial charge < -0.3 is 14.4 Å². The van der Waals surface area contributed by atoms with Crippen LogP contribution in [0.25, 0.3) is 0 Å². The first-order valence-electron chi connectivity index (χ1n) is 11.6. The summed E-state index contributed by atoms with van der Waals surface area (Å²) < 4.78 is 2.09. The lowest BCUT2D eigenvalue weighted by molar-refractivity contribution is -0.136. The molecule has 2 aromatic rings. The number of benzene rings is 1. The highest BCUT2D eigenvalue weighted by molar-refractivity contribution is 5.96. The zero-order chi connectivity index (χ0) is 21.8. The molecule has 2 atom stereocenters. The van der Waals surface area contributed by atoms with Crippen LogP contribution in [0.5, 0.6) is 0 Å². The molecule has 5 rings (SSSR count). The summed E-state index contributed by atoms with van der Waals surface area (Å²) in [4.78, 5) is 35.8. The topological polar surface area (TPSA) is 58.4 Å². The van der Waals surface area contributed by atoms with E-state index in [0.717, 1.165) is 30.8 Å². The van der Waals surface area contributed by atoms with E-state index in [0.29, 0.717) is 30.6 Å². The van der Waals surface area contributed by atoms with Crippen LogP contribution in [0.15, 0.2) is 36.8 Å². The summed E-state index contributed by atoms with van der Waals surface area (Å²) in [7, 11) is 0. The molecule has 31 heavy (non-hydrogen) atoms. The number of amides is 2. The molecule has 3 aliphatic rings. The fourth-order valence-electron chi connectivity index (χ4n) is 5.33. The van der Waals surface area contributed by atoms with Crippen LogP contribution in [0, 0.1) is 18.3 Å². The summed E-state index contributed by atoms with van der Waals surface area (Å²) >= 11 is 0. The second kappa shape index (κ2) is 7.50. The number of nitrogens with zero attached hydrogens (tertiary/aromatic N) is 4. The van der Waals surface area contributed by atoms with Crippen molar-refractivity contribution in [2.75, 3.05) is 26.2 Å². The lowest BCUT2D eigenvalue weighted by Crippen LogP contribution is -2.41. The Morgan fingerprint density at radius 3 is 2.77 bits per heavy atom. The van der Waals surface area contributed by atoms with E-state index in [-0.39, 0.29) is 17.7 Å². The molecule has 0 N–H and O–H groups in total. The van der Waals surface area contributed by atoms with Crippen LogP contribution in [0.1, 0.15) is 66.7 Å². The van der Waals surface area contributed by atoms with Gasteiger partial charge in [-0.05, 0) is 58.1 Å². The summed E-state index contributed by atoms with van der Waals surface area (Å²) in [5, 5.41) is 0. The predicted octanol–water partition coefficient (Wildman–Crippen LogP) is 3.64. The van der Waals surface area contributed by atoms with Crippen molar-refractivity contribution in [2.45, 2.75) is 52.0 Å². The SMILES string of the molecule is Cc1cccc(C(=O)N2C[C@@H](c3cn(C(C)C)cn3)[C@]3(CCN(CC4CC4)C3=O)C2)c1. The average Bonchev–Trinajstić information content (AvgIpc) is 3.17. The van der Waals surface area contributed by atoms with Crippen molar-refractivity contribution in [2.24, 2.45) is 11.3 Å². The molecule has 1 aromatic carbocycles. The molecule has 2 amide bonds. The van der Waals surface area contributed by atoms with Gasteiger partial charge in [0.15, 0.2) is 0 Å². The minimum Gasteiger partial charge on any atom is -0.342 e. The molecule has 3 heterocycles. The van der Waals surface area contributed by atoms with E-state index in [1.807, 2.05) is 42.4 Å². The maximum Gasteiger partial charge on any atom is 0.253 e. The molecule has 3 fully saturated rings. The number of carbonyl (C=O) groups excluding carboxylic acids is 2. The summed E-state index contributed by atoms with van der Waals surface area (Å²) in [6, 6.07) is 8.05. The molecule has 0 unspecified atom stereocenters. The first-order valence-corrected chi connectivity index (χ1v) is 11.6. The average molecular weight is 421 g/mol. The highest BCUT2D eigenvalue weighted by Gasteiger charge is 2.59. The molecule has 0 radical (unpaired) electrons. The van der Waals surface area contributed by atoms with Gasteiger partial charge in [0.2, 0.25) is 5.91 Å². The minimum absolute atomic E-state index is 0.0160. The third kappa shape index (κ3) is 3.56. The van der Waals surface area contributed by atoms with Gasteiger partial charge in [-0.2, -0.15) is 0 Å². The van der Waals surface area contributed by atoms with E-state index >= 15 is 0 Å². The summed E-state index contributed by atoms with van der Waals surface area (Å²) in [6.45, 7) is 8.95. The zero-order valence-electron chi connectivity index (χ0n) is 18.8. The van der Waals surface area contributed by atoms with Gasteiger partial charge in [-0.25, -0.2) is 4.98 Å². The van der Waals surface area contributed by atoms with Gasteiger partial charge in [-0.3, -0.25) is 9.59 Å². The molecule has 0 bridgehead atoms. The molecule has 6 nitrogen and oxygen atoms in total. The number of rotatable bonds is 5. The van der Waals surface area contributed by atoms with Crippen molar-refractivity contribution < 1.29 is 9.59 Å². The van der Waals surface area contributed by atoms with Crippen LogP contribution in [0.2, 0.25) is 0 Å². The number of imidazole rings is 1. The largest absolute Gasteiger partial charge is 0.342 e. The van der Waals surface area contributed by atoms with Crippen LogP contribution in [-0.2, 0) is 4.79 Å². The fraction of sp³-hybridized carbons (Fsp3) is 0.560. The van der Waals surface area contributed by atoms with E-state index in [4.69, 9.17) is 4.98 Å². The Labute approximate surface area is 184 Å². The van der Waals surface area contributed by atoms with Gasteiger partial charge in [0, 0.05) is 49.9 Å². The third-order valence-electron chi connectivity index (χ3n) is 7.39. The van der Waals surface area contributed by atoms with E-state index in [1.165, 1.54) is 12.8 Å². The monoisotopic (exact) mass is 420 g/mol. The van der Waals surface area contributed by atoms with Crippen molar-refractivity contribution in [3.05, 3.63) is 53.6 Å². The smallest absolute Gasteiger partial charge is 0.253 e. The van der Waals surface area contributed by atoms with Crippen LogP contribution in [0.4, 0.5) is 0 Å². The molecular formula is C25H32N4O2. The second-order valence-corrected chi connectivity index (χ2v) is 10.0. The normalized spacial score (nSPS) is 25.9. The Kier molecular flexibility index (Phi) is 4.91. The van der Waals surface area contributed by atoms with Crippen molar-refractivity contribution in [1.82, 2.24) is 19.4 Å². The number of likely N-dealkylation sites (tertiary alicyclic amines) is 2. The lowest BCUT2D eigenvalue weighted by Gasteiger charge is -2.28. The Bertz CT molecular complexity index is 1010. The first kappa shape index (κ1) is 20.3. The Balaban J connectivity index is 1.47. The molecule has 1 aromatic heterocycles. The lowest BCUT2D eigenvalue weighted by atomic mass is 9.75. The number of hydrogen-bond acceptors (Lipinski definition) is 3. The van der Waals surface area contributed by atoms with E-state index in [2.05, 4.69) is 29.5 Å². The van der Waals surface area contributed by atoms with E-state index in [1.54, 1.807) is 0 Å². The van der Waals surface area contributed by atoms with Crippen LogP contribution >= 0.6 is 0 Å². The highest BCUT2D eigenvalue weighted by atomic mass is 16.2. The van der Waals surface area contributed by atoms with Gasteiger partial charge in [0.1, 0.15) is 0 Å². The van der Waals surface area contributed by atoms with Crippen molar-refractivity contribution >= 4 is 11.8 Å². The van der Waals surface area contributed by atoms with Gasteiger partial charge >= 0.3 is 0 Å². The second-order valence-electron chi connectivity index (χ2n) is 10.0. The van der Waals surface area contributed by atoms with E-state index < -0.39 is 5.41 Å². The molecule has 1 spiro atoms. The molecule has 164 valence electrons. The van der Waals surface area contributed by atoms with Crippen LogP contribution in [0.3, 0.4) is 0 Å². The Hall–Kier alpha value is -2.63. The molecular weight excluding hydrogens is 388 g/mol. The first-order chi connectivity index (χ1) is 14.9. The summed E-state index contributed by atoms with van der Waals surface area (Å²) in [5.74, 6) is 0.854. The fourth-order valence-corrected chi connectivity index (χ4v) is 5.33. The molecule has 2 saturated heterocycles. The number of carbonyl (C=O) groups is 2. The van der Waals surface area contributed by atoms with Crippen molar-refractivity contribution in [3.63, 3.8) is 0 Å². The molecule has 6 heteroatoms. The Morgan fingerprint density at radius 1 is 1.29 bits per heavy atom. The molecule has 2 aliphatic heterocycles. The summed E-state index contributed by atoms with van der Waals surface area (Å²) in [6.07, 6.45) is 7.21. The third-order valence-corrected chi connectivity index (χ3v) is 7.39. The number of aryl methyl sites for hydroxylation is 1. The maximum absolute atomic E-state index is 13.7. The Morgan fingerprint density at radius 2 is 2.10 bits per heavy atom. The van der Waals surface area contributed by atoms with Crippen LogP contribution < -0.4 is 0 Å². The van der Waals surface area contributed by atoms with Gasteiger partial charge in [0.05, 0.1) is 17.4 Å². The summed E-state index contributed by atoms with van der Waals surface area (Å²) in [5.41, 5.74) is 2.16. The predicted molar refractivity (Wildman–Crippen MR) is 119 cm³/mol. The van der Waals surface area contributed by atoms with E-state index in [9.17, 15) is 9.59 Å². The van der Waals surface area contributed by atoms with Gasteiger partial charge in [-0.15, -0.1) is 0 Å². The molecule has 1 saturated carbocycles. The number of aromatic nitrogens is 2. The van der Waals surface area contributed by atoms with Gasteiger partial charge in [-0.1, -0.05) is 17.7 Å². The maximum atomic E-state index is 13.7. The minimum atomic E-state index is -0.551. The molecule has 1 aliphatic carbocycles. The van der Waals surface area contributed by atoms with Gasteiger partial charge in [0.25, 0.3) is 5.91 Å². The van der Waals surface area contributed by atoms with Crippen LogP contribution in [-0.4, -0.2) is 57.3 Å². The quantitative estimate of drug-likeness (QED) is 0.742. The van der Waals surface area contributed by atoms with Crippen molar-refractivity contribution in [3.8, 4) is 0 Å². The number of hydrogen-bond donors (Lipinski definition) is 0. The standard InChI is InChI=1S/C25H32N4O2/c1-17(2)29-14-22(26-16-29)21-13-28(23(30)20-6-4-5-18(3)11-20)15-25(21)9-10-27(24(25)31)12-19-7-8-19/h4-6,11,14,16-17,19,21H,7-10,12-13,15H2,1-3H3/t21-,25-/m0/s1. The highest BCUT2D eigenvalue weighted by Crippen LogP contribution is 2.50. The van der Waals surface area contributed by atoms with Crippen molar-refractivity contribution in [1.29, 1.82) is 0 Å².